The molecule has 3 heterocycles. The molecule has 1 N–H and O–H groups in total. The zero-order valence-electron chi connectivity index (χ0n) is 11.1. The molecule has 0 radical (unpaired) electrons. The molecule has 0 spiro atoms. The van der Waals surface area contributed by atoms with Gasteiger partial charge < -0.3 is 9.73 Å². The van der Waals surface area contributed by atoms with Crippen LogP contribution in [0.5, 0.6) is 0 Å². The third-order valence-electron chi connectivity index (χ3n) is 2.79. The van der Waals surface area contributed by atoms with E-state index in [2.05, 4.69) is 20.3 Å². The zero-order valence-corrected chi connectivity index (χ0v) is 11.1. The highest BCUT2D eigenvalue weighted by atomic mass is 16.3. The van der Waals surface area contributed by atoms with Crippen molar-refractivity contribution in [3.63, 3.8) is 0 Å². The molecule has 3 rings (SSSR count). The van der Waals surface area contributed by atoms with Gasteiger partial charge in [-0.3, -0.25) is 4.98 Å². The summed E-state index contributed by atoms with van der Waals surface area (Å²) in [4.78, 5) is 13.1. The second-order valence-corrected chi connectivity index (χ2v) is 4.33. The lowest BCUT2D eigenvalue weighted by Gasteiger charge is -2.07. The molecule has 0 unspecified atom stereocenters. The highest BCUT2D eigenvalue weighted by Crippen LogP contribution is 2.17. The topological polar surface area (TPSA) is 63.8 Å². The molecule has 0 saturated heterocycles. The standard InChI is InChI=1S/C15H14N4O/c1-11-18-14(13-6-2-3-7-16-13)9-15(19-11)17-10-12-5-4-8-20-12/h2-9H,10H2,1H3,(H,17,18,19). The van der Waals surface area contributed by atoms with Crippen LogP contribution in [-0.2, 0) is 6.54 Å². The summed E-state index contributed by atoms with van der Waals surface area (Å²) in [7, 11) is 0. The molecule has 0 aromatic carbocycles. The van der Waals surface area contributed by atoms with Crippen LogP contribution in [0.2, 0.25) is 0 Å². The maximum absolute atomic E-state index is 5.28. The van der Waals surface area contributed by atoms with E-state index < -0.39 is 0 Å². The highest BCUT2D eigenvalue weighted by molar-refractivity contribution is 5.58. The molecule has 0 saturated carbocycles. The number of nitrogens with zero attached hydrogens (tertiary/aromatic N) is 3. The molecule has 3 aromatic heterocycles. The largest absolute Gasteiger partial charge is 0.467 e. The minimum absolute atomic E-state index is 0.588. The van der Waals surface area contributed by atoms with Crippen molar-refractivity contribution in [2.45, 2.75) is 13.5 Å². The van der Waals surface area contributed by atoms with Crippen molar-refractivity contribution in [1.29, 1.82) is 0 Å². The van der Waals surface area contributed by atoms with Gasteiger partial charge >= 0.3 is 0 Å². The van der Waals surface area contributed by atoms with Crippen LogP contribution >= 0.6 is 0 Å². The van der Waals surface area contributed by atoms with Crippen molar-refractivity contribution in [2.75, 3.05) is 5.32 Å². The first kappa shape index (κ1) is 12.3. The van der Waals surface area contributed by atoms with E-state index in [1.165, 1.54) is 0 Å². The van der Waals surface area contributed by atoms with Crippen LogP contribution < -0.4 is 5.32 Å². The first-order valence-corrected chi connectivity index (χ1v) is 6.34. The molecule has 20 heavy (non-hydrogen) atoms. The Morgan fingerprint density at radius 2 is 2.05 bits per heavy atom. The lowest BCUT2D eigenvalue weighted by molar-refractivity contribution is 0.518. The monoisotopic (exact) mass is 266 g/mol. The van der Waals surface area contributed by atoms with Gasteiger partial charge in [-0.05, 0) is 31.2 Å². The van der Waals surface area contributed by atoms with Crippen molar-refractivity contribution < 1.29 is 4.42 Å². The van der Waals surface area contributed by atoms with Crippen molar-refractivity contribution in [1.82, 2.24) is 15.0 Å². The molecule has 0 atom stereocenters. The first-order valence-electron chi connectivity index (χ1n) is 6.34. The Balaban J connectivity index is 1.83. The number of nitrogens with one attached hydrogen (secondary N) is 1. The summed E-state index contributed by atoms with van der Waals surface area (Å²) in [5.41, 5.74) is 1.64. The second kappa shape index (κ2) is 5.52. The molecule has 0 aliphatic rings. The van der Waals surface area contributed by atoms with Gasteiger partial charge in [0.2, 0.25) is 0 Å². The van der Waals surface area contributed by atoms with Gasteiger partial charge in [-0.25, -0.2) is 9.97 Å². The summed E-state index contributed by atoms with van der Waals surface area (Å²) in [6, 6.07) is 11.4. The van der Waals surface area contributed by atoms with E-state index in [-0.39, 0.29) is 0 Å². The number of furan rings is 1. The van der Waals surface area contributed by atoms with Crippen molar-refractivity contribution in [3.8, 4) is 11.4 Å². The van der Waals surface area contributed by atoms with Gasteiger partial charge in [-0.1, -0.05) is 6.07 Å². The molecule has 3 aromatic rings. The number of aryl methyl sites for hydroxylation is 1. The Hall–Kier alpha value is -2.69. The number of rotatable bonds is 4. The Bertz CT molecular complexity index is 680. The molecule has 0 fully saturated rings. The maximum Gasteiger partial charge on any atom is 0.130 e. The van der Waals surface area contributed by atoms with Crippen molar-refractivity contribution >= 4 is 5.82 Å². The third-order valence-corrected chi connectivity index (χ3v) is 2.79. The average Bonchev–Trinajstić information content (AvgIpc) is 2.99. The summed E-state index contributed by atoms with van der Waals surface area (Å²) >= 11 is 0. The number of pyridine rings is 1. The average molecular weight is 266 g/mol. The SMILES string of the molecule is Cc1nc(NCc2ccco2)cc(-c2ccccn2)n1. The molecular formula is C15H14N4O. The summed E-state index contributed by atoms with van der Waals surface area (Å²) in [6.45, 7) is 2.45. The Labute approximate surface area is 116 Å². The Kier molecular flexibility index (Phi) is 3.41. The Morgan fingerprint density at radius 1 is 1.10 bits per heavy atom. The summed E-state index contributed by atoms with van der Waals surface area (Å²) < 4.78 is 5.28. The predicted molar refractivity (Wildman–Crippen MR) is 76.0 cm³/mol. The lowest BCUT2D eigenvalue weighted by Crippen LogP contribution is -2.03. The van der Waals surface area contributed by atoms with Gasteiger partial charge in [0.1, 0.15) is 17.4 Å². The second-order valence-electron chi connectivity index (χ2n) is 4.33. The van der Waals surface area contributed by atoms with Crippen LogP contribution in [0.1, 0.15) is 11.6 Å². The van der Waals surface area contributed by atoms with E-state index in [0.29, 0.717) is 12.4 Å². The number of aromatic nitrogens is 3. The van der Waals surface area contributed by atoms with E-state index >= 15 is 0 Å². The number of hydrogen-bond donors (Lipinski definition) is 1. The molecule has 0 bridgehead atoms. The highest BCUT2D eigenvalue weighted by Gasteiger charge is 2.05. The minimum Gasteiger partial charge on any atom is -0.467 e. The van der Waals surface area contributed by atoms with Crippen molar-refractivity contribution in [3.05, 3.63) is 60.4 Å². The molecule has 100 valence electrons. The van der Waals surface area contributed by atoms with Crippen molar-refractivity contribution in [2.24, 2.45) is 0 Å². The fraction of sp³-hybridized carbons (Fsp3) is 0.133. The smallest absolute Gasteiger partial charge is 0.130 e. The van der Waals surface area contributed by atoms with Gasteiger partial charge in [0.15, 0.2) is 0 Å². The molecule has 5 heteroatoms. The van der Waals surface area contributed by atoms with Crippen LogP contribution in [0.4, 0.5) is 5.82 Å². The molecule has 0 aliphatic carbocycles. The molecule has 5 nitrogen and oxygen atoms in total. The fourth-order valence-corrected chi connectivity index (χ4v) is 1.89. The van der Waals surface area contributed by atoms with Crippen LogP contribution in [0.15, 0.2) is 53.3 Å². The molecule has 0 amide bonds. The minimum atomic E-state index is 0.588. The van der Waals surface area contributed by atoms with Gasteiger partial charge in [-0.15, -0.1) is 0 Å². The van der Waals surface area contributed by atoms with Crippen LogP contribution in [-0.4, -0.2) is 15.0 Å². The lowest BCUT2D eigenvalue weighted by atomic mass is 10.2. The van der Waals surface area contributed by atoms with Gasteiger partial charge in [0.25, 0.3) is 0 Å². The van der Waals surface area contributed by atoms with E-state index in [0.717, 1.165) is 23.0 Å². The van der Waals surface area contributed by atoms with Gasteiger partial charge in [0, 0.05) is 12.3 Å². The van der Waals surface area contributed by atoms with Crippen LogP contribution in [0.25, 0.3) is 11.4 Å². The quantitative estimate of drug-likeness (QED) is 0.786. The fourth-order valence-electron chi connectivity index (χ4n) is 1.89. The van der Waals surface area contributed by atoms with Gasteiger partial charge in [-0.2, -0.15) is 0 Å². The third kappa shape index (κ3) is 2.83. The summed E-state index contributed by atoms with van der Waals surface area (Å²) in [5, 5.41) is 3.23. The maximum atomic E-state index is 5.28. The van der Waals surface area contributed by atoms with Crippen LogP contribution in [0.3, 0.4) is 0 Å². The van der Waals surface area contributed by atoms with E-state index in [4.69, 9.17) is 4.42 Å². The number of hydrogen-bond acceptors (Lipinski definition) is 5. The van der Waals surface area contributed by atoms with Gasteiger partial charge in [0.05, 0.1) is 24.2 Å². The van der Waals surface area contributed by atoms with E-state index in [1.807, 2.05) is 43.3 Å². The summed E-state index contributed by atoms with van der Waals surface area (Å²) in [6.07, 6.45) is 3.41. The van der Waals surface area contributed by atoms with E-state index in [9.17, 15) is 0 Å². The molecule has 0 aliphatic heterocycles. The number of anilines is 1. The normalized spacial score (nSPS) is 10.4. The first-order chi connectivity index (χ1) is 9.81. The summed E-state index contributed by atoms with van der Waals surface area (Å²) in [5.74, 6) is 2.32. The predicted octanol–water partition coefficient (Wildman–Crippen LogP) is 3.05. The molecular weight excluding hydrogens is 252 g/mol. The zero-order chi connectivity index (χ0) is 13.8. The Morgan fingerprint density at radius 3 is 2.80 bits per heavy atom. The van der Waals surface area contributed by atoms with Crippen LogP contribution in [0, 0.1) is 6.92 Å². The van der Waals surface area contributed by atoms with E-state index in [1.54, 1.807) is 12.5 Å².